The average Bonchev–Trinajstić information content (AvgIpc) is 2.77. The molecule has 1 aliphatic heterocycles. The van der Waals surface area contributed by atoms with Crippen molar-refractivity contribution in [2.75, 3.05) is 26.3 Å². The second-order valence-corrected chi connectivity index (χ2v) is 9.72. The number of nitrogens with zero attached hydrogens (tertiary/aromatic N) is 1. The van der Waals surface area contributed by atoms with Gasteiger partial charge in [0, 0.05) is 24.3 Å². The van der Waals surface area contributed by atoms with Gasteiger partial charge < -0.3 is 9.29 Å². The largest absolute Gasteiger partial charge is 0.726 e. The number of rotatable bonds is 15. The number of fused-ring (bicyclic) bond motifs is 1. The minimum Gasteiger partial charge on any atom is -0.726 e. The first-order valence-electron chi connectivity index (χ1n) is 12.3. The molecule has 7 heteroatoms. The van der Waals surface area contributed by atoms with E-state index in [0.29, 0.717) is 6.61 Å². The van der Waals surface area contributed by atoms with Crippen LogP contribution in [0.1, 0.15) is 76.3 Å². The predicted octanol–water partition coefficient (Wildman–Crippen LogP) is 4.32. The quantitative estimate of drug-likeness (QED) is 0.124. The van der Waals surface area contributed by atoms with Gasteiger partial charge in [-0.1, -0.05) is 70.1 Å². The number of ether oxygens (including phenoxy) is 1. The number of hydrogen-bond acceptors (Lipinski definition) is 5. The Balaban J connectivity index is 1.93. The normalized spacial score (nSPS) is 15.2. The lowest BCUT2D eigenvalue weighted by Crippen LogP contribution is -2.36. The van der Waals surface area contributed by atoms with Crippen molar-refractivity contribution in [2.45, 2.75) is 77.7 Å². The highest BCUT2D eigenvalue weighted by molar-refractivity contribution is 7.80. The molecule has 2 atom stereocenters. The van der Waals surface area contributed by atoms with Crippen molar-refractivity contribution in [1.82, 2.24) is 0 Å². The molecule has 6 nitrogen and oxygen atoms in total. The van der Waals surface area contributed by atoms with Gasteiger partial charge in [-0.2, -0.15) is 0 Å². The van der Waals surface area contributed by atoms with Crippen LogP contribution >= 0.6 is 0 Å². The van der Waals surface area contributed by atoms with Crippen molar-refractivity contribution >= 4 is 16.6 Å². The molecular formula is C26H39NO5S. The number of benzene rings is 1. The average molecular weight is 478 g/mol. The maximum absolute atomic E-state index is 11.3. The number of hydrogen-bond donors (Lipinski definition) is 0. The molecule has 33 heavy (non-hydrogen) atoms. The first-order valence-corrected chi connectivity index (χ1v) is 13.6. The SMILES string of the molecule is CCCC#CC(CCCCCCC)COCC(C[N+]1=Cc2ccccc2CC1)OS(=O)(=O)[O-]. The van der Waals surface area contributed by atoms with Gasteiger partial charge in [0.1, 0.15) is 6.54 Å². The molecule has 2 unspecified atom stereocenters. The molecule has 0 fully saturated rings. The second-order valence-electron chi connectivity index (χ2n) is 8.71. The van der Waals surface area contributed by atoms with Crippen LogP contribution in [-0.4, -0.2) is 56.2 Å². The Morgan fingerprint density at radius 3 is 2.64 bits per heavy atom. The maximum atomic E-state index is 11.3. The standard InChI is InChI=1S/C26H39NO5S/c1-3-5-7-8-10-14-23(13-9-6-4-2)21-31-22-26(32-33(28,29)30)20-27-18-17-24-15-11-12-16-25(24)19-27/h11-12,15-16,19,23,26H,3-8,10,14,17-18,20-22H2,1-2H3. The zero-order valence-corrected chi connectivity index (χ0v) is 20.9. The van der Waals surface area contributed by atoms with Gasteiger partial charge >= 0.3 is 0 Å². The van der Waals surface area contributed by atoms with Crippen LogP contribution in [0.3, 0.4) is 0 Å². The van der Waals surface area contributed by atoms with Crippen molar-refractivity contribution in [2.24, 2.45) is 5.92 Å². The highest BCUT2D eigenvalue weighted by atomic mass is 32.3. The van der Waals surface area contributed by atoms with Gasteiger partial charge in [0.05, 0.1) is 13.2 Å². The first-order chi connectivity index (χ1) is 15.9. The summed E-state index contributed by atoms with van der Waals surface area (Å²) in [6.45, 7) is 5.77. The summed E-state index contributed by atoms with van der Waals surface area (Å²) in [6, 6.07) is 8.10. The Kier molecular flexibility index (Phi) is 12.7. The summed E-state index contributed by atoms with van der Waals surface area (Å²) in [4.78, 5) is 0. The van der Waals surface area contributed by atoms with Crippen LogP contribution in [0.2, 0.25) is 0 Å². The Morgan fingerprint density at radius 2 is 1.88 bits per heavy atom. The van der Waals surface area contributed by atoms with E-state index in [-0.39, 0.29) is 19.1 Å². The van der Waals surface area contributed by atoms with Gasteiger partial charge in [-0.15, -0.1) is 5.92 Å². The molecule has 0 saturated carbocycles. The van der Waals surface area contributed by atoms with E-state index in [1.54, 1.807) is 0 Å². The molecule has 1 aromatic rings. The van der Waals surface area contributed by atoms with Gasteiger partial charge in [0.2, 0.25) is 10.4 Å². The zero-order valence-electron chi connectivity index (χ0n) is 20.1. The third-order valence-corrected chi connectivity index (χ3v) is 6.21. The summed E-state index contributed by atoms with van der Waals surface area (Å²) in [5.41, 5.74) is 2.36. The third-order valence-electron chi connectivity index (χ3n) is 5.70. The Morgan fingerprint density at radius 1 is 1.09 bits per heavy atom. The molecule has 0 radical (unpaired) electrons. The minimum atomic E-state index is -4.82. The van der Waals surface area contributed by atoms with Crippen LogP contribution in [0.5, 0.6) is 0 Å². The lowest BCUT2D eigenvalue weighted by Gasteiger charge is -2.21. The van der Waals surface area contributed by atoms with Crippen LogP contribution in [-0.2, 0) is 25.7 Å². The summed E-state index contributed by atoms with van der Waals surface area (Å²) < 4.78 is 46.6. The molecule has 0 saturated heterocycles. The topological polar surface area (TPSA) is 78.7 Å². The van der Waals surface area contributed by atoms with Crippen molar-refractivity contribution < 1.29 is 26.5 Å². The first kappa shape index (κ1) is 27.5. The summed E-state index contributed by atoms with van der Waals surface area (Å²) in [7, 11) is -4.82. The molecule has 0 aromatic heterocycles. The van der Waals surface area contributed by atoms with Crippen molar-refractivity contribution in [3.8, 4) is 11.8 Å². The van der Waals surface area contributed by atoms with E-state index in [2.05, 4.69) is 31.8 Å². The molecule has 1 aliphatic rings. The van der Waals surface area contributed by atoms with Crippen molar-refractivity contribution in [3.05, 3.63) is 35.4 Å². The highest BCUT2D eigenvalue weighted by Crippen LogP contribution is 2.14. The van der Waals surface area contributed by atoms with Gasteiger partial charge in [-0.25, -0.2) is 13.0 Å². The van der Waals surface area contributed by atoms with Crippen molar-refractivity contribution in [3.63, 3.8) is 0 Å². The van der Waals surface area contributed by atoms with E-state index < -0.39 is 16.5 Å². The predicted molar refractivity (Wildman–Crippen MR) is 130 cm³/mol. The van der Waals surface area contributed by atoms with Crippen LogP contribution in [0.25, 0.3) is 0 Å². The molecule has 1 heterocycles. The van der Waals surface area contributed by atoms with Crippen LogP contribution in [0.4, 0.5) is 0 Å². The Bertz CT molecular complexity index is 901. The molecule has 0 N–H and O–H groups in total. The smallest absolute Gasteiger partial charge is 0.218 e. The van der Waals surface area contributed by atoms with Gasteiger partial charge in [0.15, 0.2) is 18.9 Å². The van der Waals surface area contributed by atoms with E-state index in [1.807, 2.05) is 29.0 Å². The molecule has 184 valence electrons. The lowest BCUT2D eigenvalue weighted by molar-refractivity contribution is -0.532. The maximum Gasteiger partial charge on any atom is 0.218 e. The molecule has 0 amide bonds. The van der Waals surface area contributed by atoms with E-state index in [0.717, 1.165) is 44.2 Å². The Labute approximate surface area is 200 Å². The van der Waals surface area contributed by atoms with Crippen LogP contribution < -0.4 is 0 Å². The second kappa shape index (κ2) is 15.2. The van der Waals surface area contributed by atoms with E-state index in [4.69, 9.17) is 8.92 Å². The lowest BCUT2D eigenvalue weighted by atomic mass is 10.0. The molecule has 0 bridgehead atoms. The van der Waals surface area contributed by atoms with E-state index >= 15 is 0 Å². The molecule has 0 aliphatic carbocycles. The number of unbranched alkanes of at least 4 members (excludes halogenated alkanes) is 5. The van der Waals surface area contributed by atoms with E-state index in [1.165, 1.54) is 31.2 Å². The van der Waals surface area contributed by atoms with Crippen LogP contribution in [0.15, 0.2) is 24.3 Å². The summed E-state index contributed by atoms with van der Waals surface area (Å²) in [5.74, 6) is 6.64. The summed E-state index contributed by atoms with van der Waals surface area (Å²) >= 11 is 0. The summed E-state index contributed by atoms with van der Waals surface area (Å²) in [5, 5.41) is 0. The monoisotopic (exact) mass is 477 g/mol. The van der Waals surface area contributed by atoms with Crippen molar-refractivity contribution in [1.29, 1.82) is 0 Å². The molecule has 0 spiro atoms. The van der Waals surface area contributed by atoms with Crippen LogP contribution in [0, 0.1) is 17.8 Å². The van der Waals surface area contributed by atoms with E-state index in [9.17, 15) is 13.0 Å². The molecular weight excluding hydrogens is 438 g/mol. The third kappa shape index (κ3) is 11.8. The molecule has 2 rings (SSSR count). The molecule has 1 aromatic carbocycles. The highest BCUT2D eigenvalue weighted by Gasteiger charge is 2.23. The Hall–Kier alpha value is -1.72. The zero-order chi connectivity index (χ0) is 23.9. The fraction of sp³-hybridized carbons (Fsp3) is 0.654. The fourth-order valence-corrected chi connectivity index (χ4v) is 4.42. The fourth-order valence-electron chi connectivity index (χ4n) is 3.97. The van der Waals surface area contributed by atoms with Gasteiger partial charge in [-0.05, 0) is 24.5 Å². The van der Waals surface area contributed by atoms with Gasteiger partial charge in [-0.3, -0.25) is 4.18 Å². The minimum absolute atomic E-state index is 0.0370. The summed E-state index contributed by atoms with van der Waals surface area (Å²) in [6.07, 6.45) is 10.8. The van der Waals surface area contributed by atoms with Gasteiger partial charge in [0.25, 0.3) is 0 Å².